The lowest BCUT2D eigenvalue weighted by atomic mass is 10.1. The topological polar surface area (TPSA) is 17.1 Å². The van der Waals surface area contributed by atoms with E-state index in [0.717, 1.165) is 12.0 Å². The van der Waals surface area contributed by atoms with Crippen LogP contribution in [0.3, 0.4) is 0 Å². The fourth-order valence-corrected chi connectivity index (χ4v) is 1.08. The molecule has 0 fully saturated rings. The molecule has 0 heterocycles. The molecule has 0 atom stereocenters. The van der Waals surface area contributed by atoms with Gasteiger partial charge in [0.25, 0.3) is 0 Å². The number of allylic oxidation sites excluding steroid dienone is 1. The molecule has 0 aliphatic rings. The summed E-state index contributed by atoms with van der Waals surface area (Å²) in [6.45, 7) is 3.68. The summed E-state index contributed by atoms with van der Waals surface area (Å²) in [5, 5.41) is 0. The Morgan fingerprint density at radius 1 is 1.31 bits per heavy atom. The zero-order chi connectivity index (χ0) is 9.68. The minimum Gasteiger partial charge on any atom is -0.295 e. The van der Waals surface area contributed by atoms with E-state index in [2.05, 4.69) is 19.1 Å². The van der Waals surface area contributed by atoms with Gasteiger partial charge in [-0.3, -0.25) is 4.79 Å². The number of aryl methyl sites for hydroxylation is 1. The second-order valence-electron chi connectivity index (χ2n) is 3.04. The van der Waals surface area contributed by atoms with Crippen LogP contribution < -0.4 is 0 Å². The number of hydrogen-bond acceptors (Lipinski definition) is 1. The molecule has 0 saturated carbocycles. The fourth-order valence-electron chi connectivity index (χ4n) is 1.08. The Morgan fingerprint density at radius 2 is 1.92 bits per heavy atom. The number of hydrogen-bond donors (Lipinski definition) is 0. The second kappa shape index (κ2) is 4.61. The molecule has 1 aromatic carbocycles. The van der Waals surface area contributed by atoms with Gasteiger partial charge in [0.2, 0.25) is 0 Å². The highest BCUT2D eigenvalue weighted by molar-refractivity contribution is 5.91. The van der Waals surface area contributed by atoms with Crippen molar-refractivity contribution >= 4 is 11.9 Å². The van der Waals surface area contributed by atoms with Gasteiger partial charge in [-0.25, -0.2) is 0 Å². The van der Waals surface area contributed by atoms with Crippen LogP contribution in [0.25, 0.3) is 6.08 Å². The third kappa shape index (κ3) is 3.24. The van der Waals surface area contributed by atoms with Gasteiger partial charge in [0.05, 0.1) is 0 Å². The third-order valence-electron chi connectivity index (χ3n) is 1.90. The molecule has 0 aliphatic carbocycles. The van der Waals surface area contributed by atoms with Crippen LogP contribution in [0.15, 0.2) is 30.3 Å². The molecule has 0 amide bonds. The molecule has 0 spiro atoms. The van der Waals surface area contributed by atoms with E-state index in [-0.39, 0.29) is 5.78 Å². The second-order valence-corrected chi connectivity index (χ2v) is 3.04. The Hall–Kier alpha value is -1.37. The zero-order valence-corrected chi connectivity index (χ0v) is 8.08. The summed E-state index contributed by atoms with van der Waals surface area (Å²) in [5.74, 6) is 0.0829. The average Bonchev–Trinajstić information content (AvgIpc) is 2.15. The first-order valence-electron chi connectivity index (χ1n) is 4.50. The Kier molecular flexibility index (Phi) is 3.44. The van der Waals surface area contributed by atoms with Gasteiger partial charge in [-0.1, -0.05) is 37.3 Å². The highest BCUT2D eigenvalue weighted by atomic mass is 16.1. The Labute approximate surface area is 79.1 Å². The van der Waals surface area contributed by atoms with Crippen LogP contribution in [-0.2, 0) is 11.2 Å². The smallest absolute Gasteiger partial charge is 0.152 e. The quantitative estimate of drug-likeness (QED) is 0.644. The largest absolute Gasteiger partial charge is 0.295 e. The van der Waals surface area contributed by atoms with Crippen molar-refractivity contribution in [2.24, 2.45) is 0 Å². The number of carbonyl (C=O) groups excluding carboxylic acids is 1. The van der Waals surface area contributed by atoms with Gasteiger partial charge < -0.3 is 0 Å². The Bertz CT molecular complexity index is 306. The molecule has 1 heteroatoms. The molecule has 0 bridgehead atoms. The van der Waals surface area contributed by atoms with Crippen molar-refractivity contribution in [2.45, 2.75) is 20.3 Å². The van der Waals surface area contributed by atoms with Crippen molar-refractivity contribution in [1.29, 1.82) is 0 Å². The van der Waals surface area contributed by atoms with Gasteiger partial charge in [0.15, 0.2) is 5.78 Å². The van der Waals surface area contributed by atoms with E-state index in [1.165, 1.54) is 5.56 Å². The van der Waals surface area contributed by atoms with Crippen LogP contribution in [0.5, 0.6) is 0 Å². The SMILES string of the molecule is CCc1ccc(/C=C/C(C)=O)cc1. The first-order chi connectivity index (χ1) is 6.22. The van der Waals surface area contributed by atoms with E-state index in [1.807, 2.05) is 18.2 Å². The lowest BCUT2D eigenvalue weighted by Gasteiger charge is -1.96. The van der Waals surface area contributed by atoms with Crippen LogP contribution in [-0.4, -0.2) is 5.78 Å². The molecule has 68 valence electrons. The molecule has 0 saturated heterocycles. The van der Waals surface area contributed by atoms with E-state index in [0.29, 0.717) is 0 Å². The van der Waals surface area contributed by atoms with Crippen LogP contribution in [0.1, 0.15) is 25.0 Å². The van der Waals surface area contributed by atoms with Gasteiger partial charge in [-0.2, -0.15) is 0 Å². The molecule has 0 N–H and O–H groups in total. The van der Waals surface area contributed by atoms with Crippen molar-refractivity contribution in [1.82, 2.24) is 0 Å². The molecule has 1 rings (SSSR count). The first-order valence-corrected chi connectivity index (χ1v) is 4.50. The lowest BCUT2D eigenvalue weighted by molar-refractivity contribution is -0.112. The van der Waals surface area contributed by atoms with E-state index in [4.69, 9.17) is 0 Å². The monoisotopic (exact) mass is 174 g/mol. The minimum atomic E-state index is 0.0829. The number of carbonyl (C=O) groups is 1. The molecule has 0 aromatic heterocycles. The standard InChI is InChI=1S/C12H14O/c1-3-11-6-8-12(9-7-11)5-4-10(2)13/h4-9H,3H2,1-2H3/b5-4+. The van der Waals surface area contributed by atoms with Crippen molar-refractivity contribution in [3.8, 4) is 0 Å². The summed E-state index contributed by atoms with van der Waals surface area (Å²) in [5.41, 5.74) is 2.40. The summed E-state index contributed by atoms with van der Waals surface area (Å²) in [6.07, 6.45) is 4.47. The molecule has 1 nitrogen and oxygen atoms in total. The summed E-state index contributed by atoms with van der Waals surface area (Å²) < 4.78 is 0. The van der Waals surface area contributed by atoms with Gasteiger partial charge >= 0.3 is 0 Å². The van der Waals surface area contributed by atoms with Gasteiger partial charge in [-0.15, -0.1) is 0 Å². The van der Waals surface area contributed by atoms with Crippen LogP contribution in [0.4, 0.5) is 0 Å². The van der Waals surface area contributed by atoms with Crippen LogP contribution >= 0.6 is 0 Å². The Balaban J connectivity index is 2.75. The van der Waals surface area contributed by atoms with E-state index < -0.39 is 0 Å². The predicted molar refractivity (Wildman–Crippen MR) is 55.5 cm³/mol. The molecular weight excluding hydrogens is 160 g/mol. The summed E-state index contributed by atoms with van der Waals surface area (Å²) in [4.78, 5) is 10.7. The highest BCUT2D eigenvalue weighted by Gasteiger charge is 1.89. The van der Waals surface area contributed by atoms with Crippen molar-refractivity contribution in [2.75, 3.05) is 0 Å². The summed E-state index contributed by atoms with van der Waals surface area (Å²) >= 11 is 0. The minimum absolute atomic E-state index is 0.0829. The van der Waals surface area contributed by atoms with Crippen LogP contribution in [0, 0.1) is 0 Å². The van der Waals surface area contributed by atoms with E-state index in [9.17, 15) is 4.79 Å². The molecular formula is C12H14O. The zero-order valence-electron chi connectivity index (χ0n) is 8.08. The highest BCUT2D eigenvalue weighted by Crippen LogP contribution is 2.06. The lowest BCUT2D eigenvalue weighted by Crippen LogP contribution is -1.82. The number of rotatable bonds is 3. The average molecular weight is 174 g/mol. The van der Waals surface area contributed by atoms with E-state index >= 15 is 0 Å². The first kappa shape index (κ1) is 9.72. The maximum Gasteiger partial charge on any atom is 0.152 e. The molecule has 0 unspecified atom stereocenters. The predicted octanol–water partition coefficient (Wildman–Crippen LogP) is 2.85. The summed E-state index contributed by atoms with van der Waals surface area (Å²) in [6, 6.07) is 8.22. The fraction of sp³-hybridized carbons (Fsp3) is 0.250. The number of benzene rings is 1. The molecule has 0 radical (unpaired) electrons. The van der Waals surface area contributed by atoms with Crippen molar-refractivity contribution < 1.29 is 4.79 Å². The number of ketones is 1. The molecule has 13 heavy (non-hydrogen) atoms. The summed E-state index contributed by atoms with van der Waals surface area (Å²) in [7, 11) is 0. The normalized spacial score (nSPS) is 10.6. The van der Waals surface area contributed by atoms with Gasteiger partial charge in [0, 0.05) is 0 Å². The maximum absolute atomic E-state index is 10.7. The van der Waals surface area contributed by atoms with Gasteiger partial charge in [0.1, 0.15) is 0 Å². The van der Waals surface area contributed by atoms with Crippen molar-refractivity contribution in [3.05, 3.63) is 41.5 Å². The van der Waals surface area contributed by atoms with E-state index in [1.54, 1.807) is 13.0 Å². The maximum atomic E-state index is 10.7. The van der Waals surface area contributed by atoms with Crippen LogP contribution in [0.2, 0.25) is 0 Å². The molecule has 0 aliphatic heterocycles. The Morgan fingerprint density at radius 3 is 2.38 bits per heavy atom. The molecule has 1 aromatic rings. The van der Waals surface area contributed by atoms with Crippen molar-refractivity contribution in [3.63, 3.8) is 0 Å². The van der Waals surface area contributed by atoms with Gasteiger partial charge in [-0.05, 0) is 30.5 Å². The third-order valence-corrected chi connectivity index (χ3v) is 1.90.